The summed E-state index contributed by atoms with van der Waals surface area (Å²) < 4.78 is 0. The Labute approximate surface area is 182 Å². The summed E-state index contributed by atoms with van der Waals surface area (Å²) in [5.74, 6) is 0.671. The van der Waals surface area contributed by atoms with E-state index in [1.807, 2.05) is 19.1 Å². The van der Waals surface area contributed by atoms with Crippen LogP contribution < -0.4 is 10.6 Å². The lowest BCUT2D eigenvalue weighted by molar-refractivity contribution is -0.120. The van der Waals surface area contributed by atoms with Crippen LogP contribution in [0.4, 0.5) is 0 Å². The van der Waals surface area contributed by atoms with Crippen molar-refractivity contribution in [2.24, 2.45) is 5.92 Å². The van der Waals surface area contributed by atoms with E-state index in [0.29, 0.717) is 29.9 Å². The van der Waals surface area contributed by atoms with Crippen LogP contribution in [0.15, 0.2) is 72.8 Å². The molecule has 0 saturated carbocycles. The van der Waals surface area contributed by atoms with E-state index in [2.05, 4.69) is 59.2 Å². The number of fused-ring (bicyclic) bond motifs is 1. The van der Waals surface area contributed by atoms with Crippen molar-refractivity contribution < 1.29 is 9.59 Å². The molecule has 6 rings (SSSR count). The first-order valence-corrected chi connectivity index (χ1v) is 10.9. The zero-order chi connectivity index (χ0) is 21.4. The van der Waals surface area contributed by atoms with Crippen LogP contribution >= 0.6 is 0 Å². The molecule has 0 fully saturated rings. The second kappa shape index (κ2) is 8.03. The van der Waals surface area contributed by atoms with Gasteiger partial charge < -0.3 is 10.6 Å². The largest absolute Gasteiger partial charge is 0.354 e. The predicted octanol–water partition coefficient (Wildman–Crippen LogP) is 4.14. The number of aryl methyl sites for hydroxylation is 1. The van der Waals surface area contributed by atoms with E-state index in [9.17, 15) is 9.59 Å². The van der Waals surface area contributed by atoms with Gasteiger partial charge in [-0.3, -0.25) is 9.59 Å². The number of carbonyl (C=O) groups is 2. The van der Waals surface area contributed by atoms with Gasteiger partial charge in [0.05, 0.1) is 6.54 Å². The summed E-state index contributed by atoms with van der Waals surface area (Å²) in [5, 5.41) is 5.78. The van der Waals surface area contributed by atoms with Crippen LogP contribution in [0.3, 0.4) is 0 Å². The van der Waals surface area contributed by atoms with Crippen LogP contribution in [0, 0.1) is 12.8 Å². The van der Waals surface area contributed by atoms with Crippen molar-refractivity contribution in [3.63, 3.8) is 0 Å². The Bertz CT molecular complexity index is 1090. The van der Waals surface area contributed by atoms with Crippen molar-refractivity contribution in [1.29, 1.82) is 0 Å². The summed E-state index contributed by atoms with van der Waals surface area (Å²) >= 11 is 0. The van der Waals surface area contributed by atoms with Crippen molar-refractivity contribution >= 4 is 11.8 Å². The Kier molecular flexibility index (Phi) is 5.06. The summed E-state index contributed by atoms with van der Waals surface area (Å²) in [4.78, 5) is 24.7. The van der Waals surface area contributed by atoms with Crippen LogP contribution in [0.1, 0.15) is 56.4 Å². The molecule has 2 N–H and O–H groups in total. The first kappa shape index (κ1) is 19.6. The fourth-order valence-corrected chi connectivity index (χ4v) is 5.23. The fourth-order valence-electron chi connectivity index (χ4n) is 5.23. The Morgan fingerprint density at radius 2 is 1.39 bits per heavy atom. The molecular formula is C27H26N2O2. The Hall–Kier alpha value is -3.40. The molecule has 1 atom stereocenters. The fraction of sp³-hybridized carbons (Fsp3) is 0.259. The predicted molar refractivity (Wildman–Crippen MR) is 121 cm³/mol. The monoisotopic (exact) mass is 410 g/mol. The SMILES string of the molecule is Cc1ccc(C(=O)NCC(=O)NC[C@@H]2CC3c4ccccc4C2c2ccccc23)cc1. The Morgan fingerprint density at radius 1 is 0.806 bits per heavy atom. The number of nitrogens with one attached hydrogen (secondary N) is 2. The summed E-state index contributed by atoms with van der Waals surface area (Å²) in [7, 11) is 0. The standard InChI is InChI=1S/C27H26N2O2/c1-17-10-12-18(13-11-17)27(31)29-16-25(30)28-15-19-14-24-20-6-2-4-8-22(20)26(19)23-9-5-3-7-21(23)24/h2-13,19,24,26H,14-16H2,1H3,(H,28,30)(H,29,31)/t19-,24?,26?/m0/s1. The Balaban J connectivity index is 1.24. The van der Waals surface area contributed by atoms with Crippen molar-refractivity contribution in [1.82, 2.24) is 10.6 Å². The minimum absolute atomic E-state index is 0.0132. The van der Waals surface area contributed by atoms with E-state index in [0.717, 1.165) is 12.0 Å². The van der Waals surface area contributed by atoms with E-state index < -0.39 is 0 Å². The molecule has 3 aliphatic carbocycles. The highest BCUT2D eigenvalue weighted by Gasteiger charge is 2.42. The van der Waals surface area contributed by atoms with Crippen LogP contribution in [0.25, 0.3) is 0 Å². The molecule has 0 heterocycles. The minimum Gasteiger partial charge on any atom is -0.354 e. The van der Waals surface area contributed by atoms with Crippen molar-refractivity contribution in [3.05, 3.63) is 106 Å². The third-order valence-corrected chi connectivity index (χ3v) is 6.71. The number of rotatable bonds is 5. The number of hydrogen-bond donors (Lipinski definition) is 2. The zero-order valence-electron chi connectivity index (χ0n) is 17.6. The number of benzene rings is 3. The van der Waals surface area contributed by atoms with Gasteiger partial charge >= 0.3 is 0 Å². The van der Waals surface area contributed by atoms with E-state index in [4.69, 9.17) is 0 Å². The normalized spacial score (nSPS) is 20.5. The third-order valence-electron chi connectivity index (χ3n) is 6.71. The van der Waals surface area contributed by atoms with Crippen LogP contribution in [-0.2, 0) is 4.79 Å². The summed E-state index contributed by atoms with van der Waals surface area (Å²) in [5.41, 5.74) is 7.31. The second-order valence-electron chi connectivity index (χ2n) is 8.64. The lowest BCUT2D eigenvalue weighted by Gasteiger charge is -2.45. The Morgan fingerprint density at radius 3 is 2.00 bits per heavy atom. The molecular weight excluding hydrogens is 384 g/mol. The zero-order valence-corrected chi connectivity index (χ0v) is 17.6. The van der Waals surface area contributed by atoms with Gasteiger partial charge in [-0.05, 0) is 53.6 Å². The summed E-state index contributed by atoms with van der Waals surface area (Å²) in [6.07, 6.45) is 1.04. The molecule has 0 radical (unpaired) electrons. The van der Waals surface area contributed by atoms with E-state index in [1.54, 1.807) is 12.1 Å². The van der Waals surface area contributed by atoms with Gasteiger partial charge in [0.25, 0.3) is 5.91 Å². The molecule has 3 aromatic rings. The molecule has 2 amide bonds. The van der Waals surface area contributed by atoms with Gasteiger partial charge in [0, 0.05) is 23.9 Å². The molecule has 4 nitrogen and oxygen atoms in total. The number of amides is 2. The third kappa shape index (κ3) is 3.63. The van der Waals surface area contributed by atoms with E-state index >= 15 is 0 Å². The van der Waals surface area contributed by atoms with Gasteiger partial charge in [0.1, 0.15) is 0 Å². The van der Waals surface area contributed by atoms with Gasteiger partial charge in [0.15, 0.2) is 0 Å². The lowest BCUT2D eigenvalue weighted by Crippen LogP contribution is -2.42. The van der Waals surface area contributed by atoms with E-state index in [-0.39, 0.29) is 18.4 Å². The second-order valence-corrected chi connectivity index (χ2v) is 8.64. The van der Waals surface area contributed by atoms with Gasteiger partial charge in [-0.1, -0.05) is 66.2 Å². The van der Waals surface area contributed by atoms with Gasteiger partial charge in [-0.15, -0.1) is 0 Å². The molecule has 3 aliphatic rings. The van der Waals surface area contributed by atoms with Crippen LogP contribution in [0.2, 0.25) is 0 Å². The summed E-state index contributed by atoms with van der Waals surface area (Å²) in [6.45, 7) is 2.58. The molecule has 156 valence electrons. The molecule has 4 heteroatoms. The van der Waals surface area contributed by atoms with Crippen molar-refractivity contribution in [2.45, 2.75) is 25.2 Å². The van der Waals surface area contributed by atoms with Crippen LogP contribution in [-0.4, -0.2) is 24.9 Å². The first-order valence-electron chi connectivity index (χ1n) is 10.9. The molecule has 31 heavy (non-hydrogen) atoms. The number of carbonyl (C=O) groups excluding carboxylic acids is 2. The molecule has 0 saturated heterocycles. The highest BCUT2D eigenvalue weighted by Crippen LogP contribution is 2.55. The first-order chi connectivity index (χ1) is 15.1. The molecule has 0 unspecified atom stereocenters. The topological polar surface area (TPSA) is 58.2 Å². The quantitative estimate of drug-likeness (QED) is 0.664. The maximum atomic E-state index is 12.4. The molecule has 3 aromatic carbocycles. The lowest BCUT2D eigenvalue weighted by atomic mass is 9.59. The molecule has 2 bridgehead atoms. The molecule has 0 aliphatic heterocycles. The van der Waals surface area contributed by atoms with Gasteiger partial charge in [0.2, 0.25) is 5.91 Å². The van der Waals surface area contributed by atoms with Crippen molar-refractivity contribution in [2.75, 3.05) is 13.1 Å². The average molecular weight is 411 g/mol. The van der Waals surface area contributed by atoms with E-state index in [1.165, 1.54) is 22.3 Å². The van der Waals surface area contributed by atoms with Crippen molar-refractivity contribution in [3.8, 4) is 0 Å². The highest BCUT2D eigenvalue weighted by molar-refractivity contribution is 5.96. The number of hydrogen-bond acceptors (Lipinski definition) is 2. The smallest absolute Gasteiger partial charge is 0.251 e. The minimum atomic E-state index is -0.227. The van der Waals surface area contributed by atoms with Gasteiger partial charge in [-0.2, -0.15) is 0 Å². The summed E-state index contributed by atoms with van der Waals surface area (Å²) in [6, 6.07) is 24.8. The van der Waals surface area contributed by atoms with Gasteiger partial charge in [-0.25, -0.2) is 0 Å². The maximum absolute atomic E-state index is 12.4. The average Bonchev–Trinajstić information content (AvgIpc) is 2.82. The highest BCUT2D eigenvalue weighted by atomic mass is 16.2. The molecule has 0 spiro atoms. The van der Waals surface area contributed by atoms with Crippen LogP contribution in [0.5, 0.6) is 0 Å². The maximum Gasteiger partial charge on any atom is 0.251 e. The molecule has 0 aromatic heterocycles.